The van der Waals surface area contributed by atoms with Gasteiger partial charge in [-0.05, 0) is 18.6 Å². The van der Waals surface area contributed by atoms with Gasteiger partial charge < -0.3 is 4.74 Å². The van der Waals surface area contributed by atoms with Crippen LogP contribution in [-0.2, 0) is 17.1 Å². The van der Waals surface area contributed by atoms with E-state index in [1.807, 2.05) is 0 Å². The van der Waals surface area contributed by atoms with Gasteiger partial charge in [0.05, 0.1) is 23.8 Å². The van der Waals surface area contributed by atoms with E-state index in [1.165, 1.54) is 0 Å². The standard InChI is InChI=1S/C11H8F6O2/c1-5-3-4-6(10(12,13)14)7(9(18)19-2)8(5)11(15,16)17/h3-4H,1-2H3. The summed E-state index contributed by atoms with van der Waals surface area (Å²) in [7, 11) is 0.713. The molecule has 1 rings (SSSR count). The number of carbonyl (C=O) groups is 1. The largest absolute Gasteiger partial charge is 0.465 e. The molecule has 0 aromatic heterocycles. The number of esters is 1. The Balaban J connectivity index is 3.76. The lowest BCUT2D eigenvalue weighted by molar-refractivity contribution is -0.144. The third-order valence-corrected chi connectivity index (χ3v) is 2.39. The summed E-state index contributed by atoms with van der Waals surface area (Å²) >= 11 is 0. The second kappa shape index (κ2) is 4.75. The molecule has 0 N–H and O–H groups in total. The minimum Gasteiger partial charge on any atom is -0.465 e. The van der Waals surface area contributed by atoms with Crippen LogP contribution < -0.4 is 0 Å². The fourth-order valence-corrected chi connectivity index (χ4v) is 1.62. The zero-order valence-corrected chi connectivity index (χ0v) is 9.74. The number of hydrogen-bond acceptors (Lipinski definition) is 2. The van der Waals surface area contributed by atoms with Crippen LogP contribution in [0.4, 0.5) is 26.3 Å². The molecule has 0 amide bonds. The number of rotatable bonds is 1. The van der Waals surface area contributed by atoms with Crippen molar-refractivity contribution in [2.45, 2.75) is 19.3 Å². The Bertz CT molecular complexity index is 501. The SMILES string of the molecule is COC(=O)c1c(C(F)(F)F)ccc(C)c1C(F)(F)F. The molecule has 106 valence electrons. The number of alkyl halides is 6. The molecule has 1 aromatic carbocycles. The molecular weight excluding hydrogens is 278 g/mol. The molecule has 19 heavy (non-hydrogen) atoms. The van der Waals surface area contributed by atoms with Crippen molar-refractivity contribution in [2.75, 3.05) is 7.11 Å². The van der Waals surface area contributed by atoms with Gasteiger partial charge in [-0.15, -0.1) is 0 Å². The lowest BCUT2D eigenvalue weighted by Gasteiger charge is -2.19. The molecule has 0 aliphatic carbocycles. The molecule has 0 atom stereocenters. The first-order valence-corrected chi connectivity index (χ1v) is 4.86. The molecule has 0 spiro atoms. The molecule has 8 heteroatoms. The molecule has 0 heterocycles. The van der Waals surface area contributed by atoms with E-state index in [4.69, 9.17) is 0 Å². The van der Waals surface area contributed by atoms with Crippen LogP contribution in [0.3, 0.4) is 0 Å². The lowest BCUT2D eigenvalue weighted by atomic mass is 9.95. The van der Waals surface area contributed by atoms with E-state index in [0.717, 1.165) is 6.92 Å². The van der Waals surface area contributed by atoms with Crippen LogP contribution in [0.1, 0.15) is 27.0 Å². The minimum atomic E-state index is -5.09. The highest BCUT2D eigenvalue weighted by atomic mass is 19.4. The zero-order valence-electron chi connectivity index (χ0n) is 9.74. The Morgan fingerprint density at radius 1 is 1.05 bits per heavy atom. The van der Waals surface area contributed by atoms with Crippen molar-refractivity contribution in [3.8, 4) is 0 Å². The number of aryl methyl sites for hydroxylation is 1. The van der Waals surface area contributed by atoms with Crippen LogP contribution in [0.5, 0.6) is 0 Å². The number of halogens is 6. The topological polar surface area (TPSA) is 26.3 Å². The van der Waals surface area contributed by atoms with E-state index in [-0.39, 0.29) is 0 Å². The molecule has 0 aliphatic rings. The fourth-order valence-electron chi connectivity index (χ4n) is 1.62. The predicted molar refractivity (Wildman–Crippen MR) is 52.5 cm³/mol. The van der Waals surface area contributed by atoms with Crippen LogP contribution >= 0.6 is 0 Å². The van der Waals surface area contributed by atoms with Crippen molar-refractivity contribution in [3.63, 3.8) is 0 Å². The number of ether oxygens (including phenoxy) is 1. The molecule has 0 saturated carbocycles. The van der Waals surface area contributed by atoms with Crippen molar-refractivity contribution < 1.29 is 35.9 Å². The summed E-state index contributed by atoms with van der Waals surface area (Å²) in [4.78, 5) is 11.3. The van der Waals surface area contributed by atoms with E-state index in [2.05, 4.69) is 4.74 Å². The second-order valence-electron chi connectivity index (χ2n) is 3.67. The first kappa shape index (κ1) is 15.3. The summed E-state index contributed by atoms with van der Waals surface area (Å²) in [6.07, 6.45) is -10.2. The third-order valence-electron chi connectivity index (χ3n) is 2.39. The van der Waals surface area contributed by atoms with Gasteiger partial charge in [-0.25, -0.2) is 4.79 Å². The molecule has 0 fully saturated rings. The van der Waals surface area contributed by atoms with Gasteiger partial charge in [0.1, 0.15) is 0 Å². The summed E-state index contributed by atoms with van der Waals surface area (Å²) in [5.74, 6) is -1.68. The van der Waals surface area contributed by atoms with Gasteiger partial charge in [0.25, 0.3) is 0 Å². The first-order chi connectivity index (χ1) is 8.50. The van der Waals surface area contributed by atoms with Gasteiger partial charge in [-0.1, -0.05) is 6.07 Å². The maximum Gasteiger partial charge on any atom is 0.417 e. The summed E-state index contributed by atoms with van der Waals surface area (Å²) < 4.78 is 80.4. The minimum absolute atomic E-state index is 0.427. The Morgan fingerprint density at radius 2 is 1.58 bits per heavy atom. The number of methoxy groups -OCH3 is 1. The molecule has 0 unspecified atom stereocenters. The summed E-state index contributed by atoms with van der Waals surface area (Å²) in [6, 6.07) is 1.09. The molecule has 1 aromatic rings. The van der Waals surface area contributed by atoms with Crippen molar-refractivity contribution in [2.24, 2.45) is 0 Å². The number of hydrogen-bond donors (Lipinski definition) is 0. The van der Waals surface area contributed by atoms with Crippen molar-refractivity contribution in [1.82, 2.24) is 0 Å². The van der Waals surface area contributed by atoms with E-state index in [1.54, 1.807) is 0 Å². The molecule has 0 saturated heterocycles. The van der Waals surface area contributed by atoms with E-state index in [9.17, 15) is 31.1 Å². The molecule has 0 bridgehead atoms. The van der Waals surface area contributed by atoms with Crippen molar-refractivity contribution in [3.05, 3.63) is 34.4 Å². The number of carbonyl (C=O) groups excluding carboxylic acids is 1. The fraction of sp³-hybridized carbons (Fsp3) is 0.364. The van der Waals surface area contributed by atoms with Crippen LogP contribution in [0.15, 0.2) is 12.1 Å². The Morgan fingerprint density at radius 3 is 1.95 bits per heavy atom. The highest BCUT2D eigenvalue weighted by Crippen LogP contribution is 2.41. The summed E-state index contributed by atoms with van der Waals surface area (Å²) in [5, 5.41) is 0. The molecular formula is C11H8F6O2. The number of benzene rings is 1. The Hall–Kier alpha value is -1.73. The van der Waals surface area contributed by atoms with Gasteiger partial charge in [0.2, 0.25) is 0 Å². The zero-order chi connectivity index (χ0) is 15.0. The monoisotopic (exact) mass is 286 g/mol. The Labute approximate surface area is 104 Å². The predicted octanol–water partition coefficient (Wildman–Crippen LogP) is 3.82. The van der Waals surface area contributed by atoms with Crippen LogP contribution in [-0.4, -0.2) is 13.1 Å². The van der Waals surface area contributed by atoms with Gasteiger partial charge >= 0.3 is 18.3 Å². The normalized spacial score (nSPS) is 12.4. The maximum atomic E-state index is 12.8. The quantitative estimate of drug-likeness (QED) is 0.579. The van der Waals surface area contributed by atoms with Crippen LogP contribution in [0.25, 0.3) is 0 Å². The van der Waals surface area contributed by atoms with Gasteiger partial charge in [0.15, 0.2) is 0 Å². The van der Waals surface area contributed by atoms with E-state index < -0.39 is 40.6 Å². The van der Waals surface area contributed by atoms with E-state index in [0.29, 0.717) is 19.2 Å². The average Bonchev–Trinajstić information content (AvgIpc) is 2.24. The van der Waals surface area contributed by atoms with Crippen molar-refractivity contribution in [1.29, 1.82) is 0 Å². The second-order valence-corrected chi connectivity index (χ2v) is 3.67. The van der Waals surface area contributed by atoms with E-state index >= 15 is 0 Å². The lowest BCUT2D eigenvalue weighted by Crippen LogP contribution is -2.22. The van der Waals surface area contributed by atoms with Crippen LogP contribution in [0, 0.1) is 6.92 Å². The van der Waals surface area contributed by atoms with Gasteiger partial charge in [-0.2, -0.15) is 26.3 Å². The maximum absolute atomic E-state index is 12.8. The van der Waals surface area contributed by atoms with Gasteiger partial charge in [0, 0.05) is 0 Å². The van der Waals surface area contributed by atoms with Crippen molar-refractivity contribution >= 4 is 5.97 Å². The Kier molecular flexibility index (Phi) is 3.83. The summed E-state index contributed by atoms with van der Waals surface area (Å²) in [5.41, 5.74) is -5.30. The molecule has 0 aliphatic heterocycles. The highest BCUT2D eigenvalue weighted by molar-refractivity contribution is 5.93. The third kappa shape index (κ3) is 2.99. The molecule has 2 nitrogen and oxygen atoms in total. The van der Waals surface area contributed by atoms with Gasteiger partial charge in [-0.3, -0.25) is 0 Å². The summed E-state index contributed by atoms with van der Waals surface area (Å²) in [6.45, 7) is 0.968. The first-order valence-electron chi connectivity index (χ1n) is 4.86. The van der Waals surface area contributed by atoms with Crippen LogP contribution in [0.2, 0.25) is 0 Å². The molecule has 0 radical (unpaired) electrons. The highest BCUT2D eigenvalue weighted by Gasteiger charge is 2.44. The smallest absolute Gasteiger partial charge is 0.417 e. The average molecular weight is 286 g/mol.